The lowest BCUT2D eigenvalue weighted by Gasteiger charge is -2.24. The van der Waals surface area contributed by atoms with Gasteiger partial charge < -0.3 is 5.32 Å². The van der Waals surface area contributed by atoms with Gasteiger partial charge in [-0.2, -0.15) is 5.10 Å². The highest BCUT2D eigenvalue weighted by Gasteiger charge is 2.27. The van der Waals surface area contributed by atoms with E-state index in [9.17, 15) is 18.0 Å². The molecule has 0 spiro atoms. The molecule has 3 aromatic rings. The van der Waals surface area contributed by atoms with E-state index >= 15 is 0 Å². The van der Waals surface area contributed by atoms with Crippen LogP contribution in [-0.2, 0) is 10.0 Å². The van der Waals surface area contributed by atoms with Gasteiger partial charge in [-0.3, -0.25) is 13.9 Å². The number of sulfonamides is 1. The standard InChI is InChI=1S/C19H18N4O4S/c1-2-23(14-8-4-3-5-9-14)28(26,27)17-11-7-6-10-15(17)20-19(25)16-12-13-18(24)22-21-16/h3-13H,2H2,1H3,(H,20,25)(H,22,24). The van der Waals surface area contributed by atoms with Crippen molar-refractivity contribution >= 4 is 27.3 Å². The summed E-state index contributed by atoms with van der Waals surface area (Å²) in [6.45, 7) is 1.95. The van der Waals surface area contributed by atoms with Crippen molar-refractivity contribution in [2.75, 3.05) is 16.2 Å². The second-order valence-corrected chi connectivity index (χ2v) is 7.59. The number of carbonyl (C=O) groups is 1. The number of carbonyl (C=O) groups excluding carboxylic acids is 1. The van der Waals surface area contributed by atoms with Crippen LogP contribution in [0.3, 0.4) is 0 Å². The van der Waals surface area contributed by atoms with Crippen molar-refractivity contribution in [1.82, 2.24) is 10.2 Å². The minimum atomic E-state index is -3.93. The number of hydrogen-bond acceptors (Lipinski definition) is 5. The van der Waals surface area contributed by atoms with Gasteiger partial charge in [-0.1, -0.05) is 30.3 Å². The van der Waals surface area contributed by atoms with Gasteiger partial charge in [0, 0.05) is 12.6 Å². The Morgan fingerprint density at radius 1 is 1.04 bits per heavy atom. The van der Waals surface area contributed by atoms with E-state index in [1.54, 1.807) is 49.4 Å². The fourth-order valence-corrected chi connectivity index (χ4v) is 4.28. The second-order valence-electron chi connectivity index (χ2n) is 5.76. The summed E-state index contributed by atoms with van der Waals surface area (Å²) >= 11 is 0. The van der Waals surface area contributed by atoms with Crippen molar-refractivity contribution in [1.29, 1.82) is 0 Å². The normalized spacial score (nSPS) is 11.0. The number of amides is 1. The van der Waals surface area contributed by atoms with Crippen LogP contribution in [0.2, 0.25) is 0 Å². The van der Waals surface area contributed by atoms with Crippen LogP contribution in [0, 0.1) is 0 Å². The zero-order valence-electron chi connectivity index (χ0n) is 15.0. The Bertz CT molecular complexity index is 1120. The fourth-order valence-electron chi connectivity index (χ4n) is 2.66. The molecule has 1 amide bonds. The number of H-pyrrole nitrogens is 1. The van der Waals surface area contributed by atoms with Gasteiger partial charge in [-0.25, -0.2) is 13.5 Å². The lowest BCUT2D eigenvalue weighted by molar-refractivity contribution is 0.102. The molecular formula is C19H18N4O4S. The molecule has 0 fully saturated rings. The molecule has 0 aliphatic heterocycles. The van der Waals surface area contributed by atoms with Crippen LogP contribution in [0.4, 0.5) is 11.4 Å². The van der Waals surface area contributed by atoms with E-state index in [4.69, 9.17) is 0 Å². The summed E-state index contributed by atoms with van der Waals surface area (Å²) in [5, 5.41) is 8.38. The van der Waals surface area contributed by atoms with Crippen LogP contribution in [-0.4, -0.2) is 31.1 Å². The fraction of sp³-hybridized carbons (Fsp3) is 0.105. The Morgan fingerprint density at radius 2 is 1.71 bits per heavy atom. The van der Waals surface area contributed by atoms with E-state index in [-0.39, 0.29) is 22.8 Å². The maximum atomic E-state index is 13.3. The summed E-state index contributed by atoms with van der Waals surface area (Å²) in [4.78, 5) is 23.5. The van der Waals surface area contributed by atoms with Gasteiger partial charge in [0.15, 0.2) is 0 Å². The largest absolute Gasteiger partial charge is 0.319 e. The Hall–Kier alpha value is -3.46. The maximum absolute atomic E-state index is 13.3. The summed E-state index contributed by atoms with van der Waals surface area (Å²) in [7, 11) is -3.93. The van der Waals surface area contributed by atoms with Crippen molar-refractivity contribution in [3.05, 3.63) is 82.8 Å². The molecular weight excluding hydrogens is 380 g/mol. The van der Waals surface area contributed by atoms with Crippen LogP contribution < -0.4 is 15.2 Å². The Kier molecular flexibility index (Phi) is 5.55. The first-order valence-electron chi connectivity index (χ1n) is 8.47. The molecule has 0 aliphatic carbocycles. The lowest BCUT2D eigenvalue weighted by atomic mass is 10.3. The van der Waals surface area contributed by atoms with E-state index < -0.39 is 21.5 Å². The van der Waals surface area contributed by atoms with Crippen LogP contribution in [0.15, 0.2) is 76.4 Å². The lowest BCUT2D eigenvalue weighted by Crippen LogP contribution is -2.31. The molecule has 0 saturated heterocycles. The summed E-state index contributed by atoms with van der Waals surface area (Å²) in [5.41, 5.74) is 0.159. The number of nitrogens with zero attached hydrogens (tertiary/aromatic N) is 2. The minimum Gasteiger partial charge on any atom is -0.319 e. The van der Waals surface area contributed by atoms with Crippen LogP contribution in [0.25, 0.3) is 0 Å². The third-order valence-electron chi connectivity index (χ3n) is 3.95. The molecule has 1 aromatic heterocycles. The van der Waals surface area contributed by atoms with E-state index in [0.29, 0.717) is 5.69 Å². The van der Waals surface area contributed by atoms with Gasteiger partial charge in [0.1, 0.15) is 10.6 Å². The molecule has 8 nitrogen and oxygen atoms in total. The number of rotatable bonds is 6. The molecule has 28 heavy (non-hydrogen) atoms. The highest BCUT2D eigenvalue weighted by molar-refractivity contribution is 7.93. The first-order chi connectivity index (χ1) is 13.4. The predicted octanol–water partition coefficient (Wildman–Crippen LogP) is 2.24. The molecule has 2 N–H and O–H groups in total. The number of nitrogens with one attached hydrogen (secondary N) is 2. The molecule has 0 aliphatic rings. The molecule has 0 radical (unpaired) electrons. The Labute approximate surface area is 161 Å². The summed E-state index contributed by atoms with van der Waals surface area (Å²) in [5.74, 6) is -0.637. The van der Waals surface area contributed by atoms with Gasteiger partial charge in [0.2, 0.25) is 0 Å². The molecule has 144 valence electrons. The van der Waals surface area contributed by atoms with E-state index in [1.807, 2.05) is 0 Å². The summed E-state index contributed by atoms with van der Waals surface area (Å²) < 4.78 is 27.8. The number of hydrogen-bond donors (Lipinski definition) is 2. The van der Waals surface area contributed by atoms with Gasteiger partial charge in [-0.15, -0.1) is 0 Å². The molecule has 2 aromatic carbocycles. The number of para-hydroxylation sites is 2. The highest BCUT2D eigenvalue weighted by atomic mass is 32.2. The van der Waals surface area contributed by atoms with Crippen molar-refractivity contribution in [2.45, 2.75) is 11.8 Å². The average molecular weight is 398 g/mol. The monoisotopic (exact) mass is 398 g/mol. The Morgan fingerprint density at radius 3 is 2.36 bits per heavy atom. The number of aromatic amines is 1. The number of aromatic nitrogens is 2. The molecule has 0 atom stereocenters. The first kappa shape index (κ1) is 19.3. The molecule has 3 rings (SSSR count). The van der Waals surface area contributed by atoms with Crippen molar-refractivity contribution < 1.29 is 13.2 Å². The first-order valence-corrected chi connectivity index (χ1v) is 9.91. The third-order valence-corrected chi connectivity index (χ3v) is 5.91. The quantitative estimate of drug-likeness (QED) is 0.661. The predicted molar refractivity (Wildman–Crippen MR) is 106 cm³/mol. The topological polar surface area (TPSA) is 112 Å². The second kappa shape index (κ2) is 8.05. The van der Waals surface area contributed by atoms with Crippen molar-refractivity contribution in [3.8, 4) is 0 Å². The van der Waals surface area contributed by atoms with E-state index in [0.717, 1.165) is 0 Å². The smallest absolute Gasteiger partial charge is 0.276 e. The summed E-state index contributed by atoms with van der Waals surface area (Å²) in [6, 6.07) is 17.3. The Balaban J connectivity index is 1.98. The van der Waals surface area contributed by atoms with Crippen LogP contribution in [0.5, 0.6) is 0 Å². The van der Waals surface area contributed by atoms with Gasteiger partial charge >= 0.3 is 0 Å². The average Bonchev–Trinajstić information content (AvgIpc) is 2.70. The van der Waals surface area contributed by atoms with Crippen molar-refractivity contribution in [3.63, 3.8) is 0 Å². The van der Waals surface area contributed by atoms with E-state index in [1.165, 1.54) is 28.6 Å². The molecule has 1 heterocycles. The van der Waals surface area contributed by atoms with Crippen molar-refractivity contribution in [2.24, 2.45) is 0 Å². The van der Waals surface area contributed by atoms with Crippen LogP contribution in [0.1, 0.15) is 17.4 Å². The van der Waals surface area contributed by atoms with E-state index in [2.05, 4.69) is 15.5 Å². The van der Waals surface area contributed by atoms with Gasteiger partial charge in [0.05, 0.1) is 11.4 Å². The summed E-state index contributed by atoms with van der Waals surface area (Å²) in [6.07, 6.45) is 0. The zero-order valence-corrected chi connectivity index (χ0v) is 15.8. The molecule has 0 bridgehead atoms. The molecule has 0 unspecified atom stereocenters. The maximum Gasteiger partial charge on any atom is 0.276 e. The zero-order chi connectivity index (χ0) is 20.1. The third kappa shape index (κ3) is 3.94. The molecule has 0 saturated carbocycles. The minimum absolute atomic E-state index is 0.0396. The molecule has 9 heteroatoms. The number of benzene rings is 2. The van der Waals surface area contributed by atoms with Gasteiger partial charge in [-0.05, 0) is 37.3 Å². The van der Waals surface area contributed by atoms with Crippen LogP contribution >= 0.6 is 0 Å². The number of anilines is 2. The SMILES string of the molecule is CCN(c1ccccc1)S(=O)(=O)c1ccccc1NC(=O)c1ccc(=O)[nH]n1. The van der Waals surface area contributed by atoms with Gasteiger partial charge in [0.25, 0.3) is 21.5 Å². The highest BCUT2D eigenvalue weighted by Crippen LogP contribution is 2.28.